The molecule has 174 valence electrons. The van der Waals surface area contributed by atoms with Crippen molar-refractivity contribution in [3.05, 3.63) is 23.8 Å². The lowest BCUT2D eigenvalue weighted by atomic mass is 9.81. The van der Waals surface area contributed by atoms with Crippen LogP contribution in [0.3, 0.4) is 0 Å². The number of ether oxygens (including phenoxy) is 1. The van der Waals surface area contributed by atoms with Crippen LogP contribution < -0.4 is 15.4 Å². The van der Waals surface area contributed by atoms with Gasteiger partial charge >= 0.3 is 12.1 Å². The number of phenols is 1. The lowest BCUT2D eigenvalue weighted by molar-refractivity contribution is -0.192. The van der Waals surface area contributed by atoms with Crippen molar-refractivity contribution in [3.63, 3.8) is 0 Å². The first-order valence-electron chi connectivity index (χ1n) is 10.4. The second-order valence-corrected chi connectivity index (χ2v) is 7.84. The van der Waals surface area contributed by atoms with Gasteiger partial charge in [-0.3, -0.25) is 4.79 Å². The number of benzene rings is 1. The molecule has 1 aromatic carbocycles. The Kier molecular flexibility index (Phi) is 8.97. The molecule has 1 unspecified atom stereocenters. The van der Waals surface area contributed by atoms with Crippen LogP contribution in [0.4, 0.5) is 13.2 Å². The zero-order chi connectivity index (χ0) is 23.0. The lowest BCUT2D eigenvalue weighted by Crippen LogP contribution is -2.46. The number of halogens is 3. The quantitative estimate of drug-likeness (QED) is 0.554. The number of nitrogens with one attached hydrogen (secondary N) is 2. The summed E-state index contributed by atoms with van der Waals surface area (Å²) >= 11 is 0. The number of alkyl halides is 3. The van der Waals surface area contributed by atoms with Crippen molar-refractivity contribution in [2.75, 3.05) is 19.7 Å². The topological polar surface area (TPSA) is 108 Å². The van der Waals surface area contributed by atoms with Crippen LogP contribution in [-0.4, -0.2) is 54.0 Å². The average Bonchev–Trinajstić information content (AvgIpc) is 2.72. The molecule has 0 aromatic heterocycles. The molecule has 4 N–H and O–H groups in total. The molecule has 1 aromatic rings. The maximum Gasteiger partial charge on any atom is 0.490 e. The van der Waals surface area contributed by atoms with E-state index in [9.17, 15) is 23.1 Å². The third-order valence-electron chi connectivity index (χ3n) is 5.45. The maximum atomic E-state index is 12.5. The Balaban J connectivity index is 0.000000423. The van der Waals surface area contributed by atoms with Gasteiger partial charge < -0.3 is 25.6 Å². The number of carboxylic acids is 1. The standard InChI is InChI=1S/C19H28N2O3.C2HF3O2/c1-2-20-11-13-3-5-14(6-4-13)19(23)21-16-9-15-7-8-17(22)10-18(15)24-12-16;3-2(4,5)1(6)7/h7-8,10,13-14,16,20,22H,2-6,9,11-12H2,1H3,(H,21,23);(H,6,7). The SMILES string of the molecule is CCNCC1CCC(C(=O)NC2COc3cc(O)ccc3C2)CC1.O=C(O)C(F)(F)F. The second kappa shape index (κ2) is 11.2. The van der Waals surface area contributed by atoms with Gasteiger partial charge in [0.1, 0.15) is 18.1 Å². The number of fused-ring (bicyclic) bond motifs is 1. The van der Waals surface area contributed by atoms with Gasteiger partial charge in [0.25, 0.3) is 0 Å². The Hall–Kier alpha value is -2.49. The molecule has 0 spiro atoms. The fraction of sp³-hybridized carbons (Fsp3) is 0.619. The molecule has 10 heteroatoms. The molecule has 1 saturated carbocycles. The number of rotatable bonds is 5. The van der Waals surface area contributed by atoms with E-state index in [1.165, 1.54) is 0 Å². The molecule has 1 heterocycles. The van der Waals surface area contributed by atoms with Crippen molar-refractivity contribution in [3.8, 4) is 11.5 Å². The Morgan fingerprint density at radius 1 is 1.19 bits per heavy atom. The highest BCUT2D eigenvalue weighted by Gasteiger charge is 2.38. The van der Waals surface area contributed by atoms with Gasteiger partial charge in [0, 0.05) is 12.0 Å². The third-order valence-corrected chi connectivity index (χ3v) is 5.45. The Bertz CT molecular complexity index is 749. The van der Waals surface area contributed by atoms with Gasteiger partial charge in [0.05, 0.1) is 6.04 Å². The first-order valence-corrected chi connectivity index (χ1v) is 10.4. The van der Waals surface area contributed by atoms with Crippen LogP contribution in [0, 0.1) is 11.8 Å². The van der Waals surface area contributed by atoms with E-state index in [0.717, 1.165) is 56.5 Å². The third kappa shape index (κ3) is 7.93. The molecular formula is C21H29F3N2O5. The van der Waals surface area contributed by atoms with Gasteiger partial charge in [0.15, 0.2) is 0 Å². The number of carboxylic acid groups (broad SMARTS) is 1. The monoisotopic (exact) mass is 446 g/mol. The first-order chi connectivity index (χ1) is 14.6. The van der Waals surface area contributed by atoms with Crippen molar-refractivity contribution >= 4 is 11.9 Å². The Morgan fingerprint density at radius 2 is 1.84 bits per heavy atom. The lowest BCUT2D eigenvalue weighted by Gasteiger charge is -2.31. The summed E-state index contributed by atoms with van der Waals surface area (Å²) in [6.07, 6.45) is -0.0836. The summed E-state index contributed by atoms with van der Waals surface area (Å²) in [5, 5.41) is 23.2. The summed E-state index contributed by atoms with van der Waals surface area (Å²) in [5.41, 5.74) is 1.04. The molecule has 1 aliphatic heterocycles. The highest BCUT2D eigenvalue weighted by molar-refractivity contribution is 5.79. The van der Waals surface area contributed by atoms with Crippen molar-refractivity contribution in [2.45, 2.75) is 51.2 Å². The molecule has 2 aliphatic rings. The average molecular weight is 446 g/mol. The molecule has 0 saturated heterocycles. The van der Waals surface area contributed by atoms with E-state index in [1.54, 1.807) is 12.1 Å². The molecule has 1 fully saturated rings. The number of hydrogen-bond donors (Lipinski definition) is 4. The smallest absolute Gasteiger partial charge is 0.490 e. The molecule has 1 amide bonds. The number of phenolic OH excluding ortho intramolecular Hbond substituents is 1. The van der Waals surface area contributed by atoms with E-state index in [1.807, 2.05) is 6.07 Å². The minimum atomic E-state index is -5.08. The number of hydrogen-bond acceptors (Lipinski definition) is 5. The number of aliphatic carboxylic acids is 1. The molecule has 7 nitrogen and oxygen atoms in total. The summed E-state index contributed by atoms with van der Waals surface area (Å²) in [5.74, 6) is -0.786. The zero-order valence-corrected chi connectivity index (χ0v) is 17.4. The Labute approximate surface area is 179 Å². The van der Waals surface area contributed by atoms with Crippen molar-refractivity contribution in [1.29, 1.82) is 0 Å². The summed E-state index contributed by atoms with van der Waals surface area (Å²) in [6.45, 7) is 4.69. The van der Waals surface area contributed by atoms with E-state index in [2.05, 4.69) is 17.6 Å². The van der Waals surface area contributed by atoms with Gasteiger partial charge in [-0.1, -0.05) is 13.0 Å². The van der Waals surface area contributed by atoms with Crippen LogP contribution in [0.5, 0.6) is 11.5 Å². The summed E-state index contributed by atoms with van der Waals surface area (Å²) < 4.78 is 37.4. The van der Waals surface area contributed by atoms with Crippen LogP contribution in [0.2, 0.25) is 0 Å². The van der Waals surface area contributed by atoms with Gasteiger partial charge in [-0.25, -0.2) is 4.79 Å². The van der Waals surface area contributed by atoms with E-state index < -0.39 is 12.1 Å². The van der Waals surface area contributed by atoms with Gasteiger partial charge in [-0.2, -0.15) is 13.2 Å². The summed E-state index contributed by atoms with van der Waals surface area (Å²) in [6, 6.07) is 5.19. The molecule has 0 radical (unpaired) electrons. The molecule has 31 heavy (non-hydrogen) atoms. The van der Waals surface area contributed by atoms with E-state index >= 15 is 0 Å². The summed E-state index contributed by atoms with van der Waals surface area (Å²) in [4.78, 5) is 21.4. The maximum absolute atomic E-state index is 12.5. The fourth-order valence-electron chi connectivity index (χ4n) is 3.75. The molecule has 1 aliphatic carbocycles. The molecule has 1 atom stereocenters. The highest BCUT2D eigenvalue weighted by atomic mass is 19.4. The largest absolute Gasteiger partial charge is 0.508 e. The second-order valence-electron chi connectivity index (χ2n) is 7.84. The first kappa shape index (κ1) is 24.8. The van der Waals surface area contributed by atoms with E-state index in [-0.39, 0.29) is 23.6 Å². The predicted molar refractivity (Wildman–Crippen MR) is 107 cm³/mol. The van der Waals surface area contributed by atoms with Crippen molar-refractivity contribution in [2.24, 2.45) is 11.8 Å². The number of amides is 1. The van der Waals surface area contributed by atoms with Crippen LogP contribution >= 0.6 is 0 Å². The highest BCUT2D eigenvalue weighted by Crippen LogP contribution is 2.30. The van der Waals surface area contributed by atoms with Crippen LogP contribution in [0.25, 0.3) is 0 Å². The van der Waals surface area contributed by atoms with Crippen molar-refractivity contribution in [1.82, 2.24) is 10.6 Å². The van der Waals surface area contributed by atoms with E-state index in [4.69, 9.17) is 14.6 Å². The van der Waals surface area contributed by atoms with Gasteiger partial charge in [-0.05, 0) is 62.7 Å². The normalized spacial score (nSPS) is 22.9. The minimum Gasteiger partial charge on any atom is -0.508 e. The number of carbonyl (C=O) groups is 2. The molecular weight excluding hydrogens is 417 g/mol. The number of carbonyl (C=O) groups excluding carboxylic acids is 1. The minimum absolute atomic E-state index is 0.0222. The number of aromatic hydroxyl groups is 1. The van der Waals surface area contributed by atoms with Gasteiger partial charge in [0.2, 0.25) is 5.91 Å². The molecule has 0 bridgehead atoms. The fourth-order valence-corrected chi connectivity index (χ4v) is 3.75. The van der Waals surface area contributed by atoms with Crippen LogP contribution in [0.15, 0.2) is 18.2 Å². The Morgan fingerprint density at radius 3 is 2.42 bits per heavy atom. The molecule has 3 rings (SSSR count). The van der Waals surface area contributed by atoms with Crippen LogP contribution in [-0.2, 0) is 16.0 Å². The van der Waals surface area contributed by atoms with Gasteiger partial charge in [-0.15, -0.1) is 0 Å². The van der Waals surface area contributed by atoms with Crippen LogP contribution in [0.1, 0.15) is 38.2 Å². The zero-order valence-electron chi connectivity index (χ0n) is 17.4. The predicted octanol–water partition coefficient (Wildman–Crippen LogP) is 2.86. The van der Waals surface area contributed by atoms with E-state index in [0.29, 0.717) is 12.5 Å². The van der Waals surface area contributed by atoms with Crippen molar-refractivity contribution < 1.29 is 37.7 Å². The summed E-state index contributed by atoms with van der Waals surface area (Å²) in [7, 11) is 0.